The number of anilines is 2. The lowest BCUT2D eigenvalue weighted by atomic mass is 10.1. The normalized spacial score (nSPS) is 15.7. The van der Waals surface area contributed by atoms with Crippen LogP contribution in [-0.2, 0) is 22.9 Å². The van der Waals surface area contributed by atoms with Gasteiger partial charge in [-0.1, -0.05) is 24.3 Å². The van der Waals surface area contributed by atoms with Crippen LogP contribution in [0, 0.1) is 0 Å². The number of hydrogen-bond acceptors (Lipinski definition) is 3. The summed E-state index contributed by atoms with van der Waals surface area (Å²) in [7, 11) is -3.58. The van der Waals surface area contributed by atoms with Crippen molar-refractivity contribution >= 4 is 27.5 Å². The Labute approximate surface area is 136 Å². The number of fused-ring (bicyclic) bond motifs is 2. The second kappa shape index (κ2) is 5.42. The van der Waals surface area contributed by atoms with Gasteiger partial charge >= 0.3 is 0 Å². The van der Waals surface area contributed by atoms with Crippen LogP contribution < -0.4 is 10.0 Å². The third kappa shape index (κ3) is 2.61. The molecule has 2 aliphatic rings. The zero-order valence-electron chi connectivity index (χ0n) is 12.7. The van der Waals surface area contributed by atoms with Gasteiger partial charge in [0.25, 0.3) is 10.0 Å². The van der Waals surface area contributed by atoms with Crippen molar-refractivity contribution in [2.45, 2.75) is 24.2 Å². The average molecular weight is 326 g/mol. The second-order valence-electron chi connectivity index (χ2n) is 5.93. The fourth-order valence-electron chi connectivity index (χ4n) is 3.28. The van der Waals surface area contributed by atoms with E-state index in [2.05, 4.69) is 16.1 Å². The number of aryl methyl sites for hydroxylation is 1. The van der Waals surface area contributed by atoms with Crippen molar-refractivity contribution in [1.82, 2.24) is 0 Å². The Balaban J connectivity index is 1.69. The van der Waals surface area contributed by atoms with Gasteiger partial charge in [0, 0.05) is 12.2 Å². The molecule has 1 aliphatic heterocycles. The molecule has 0 atom stereocenters. The summed E-state index contributed by atoms with van der Waals surface area (Å²) in [6.07, 6.45) is 6.98. The molecular weight excluding hydrogens is 308 g/mol. The fraction of sp³-hybridized carbons (Fsp3) is 0.222. The maximum atomic E-state index is 12.7. The monoisotopic (exact) mass is 326 g/mol. The Hall–Kier alpha value is -2.27. The zero-order chi connectivity index (χ0) is 15.9. The van der Waals surface area contributed by atoms with Crippen molar-refractivity contribution in [2.24, 2.45) is 0 Å². The van der Waals surface area contributed by atoms with Crippen LogP contribution in [0.15, 0.2) is 47.4 Å². The summed E-state index contributed by atoms with van der Waals surface area (Å²) in [4.78, 5) is 0.292. The summed E-state index contributed by atoms with van der Waals surface area (Å²) >= 11 is 0. The largest absolute Gasteiger partial charge is 0.381 e. The zero-order valence-corrected chi connectivity index (χ0v) is 13.5. The minimum Gasteiger partial charge on any atom is -0.381 e. The summed E-state index contributed by atoms with van der Waals surface area (Å²) in [6.45, 7) is 0.771. The molecule has 0 saturated heterocycles. The molecule has 4 rings (SSSR count). The van der Waals surface area contributed by atoms with Gasteiger partial charge in [0.2, 0.25) is 0 Å². The Bertz CT molecular complexity index is 901. The topological polar surface area (TPSA) is 58.2 Å². The van der Waals surface area contributed by atoms with E-state index >= 15 is 0 Å². The van der Waals surface area contributed by atoms with Crippen LogP contribution in [0.3, 0.4) is 0 Å². The molecule has 0 amide bonds. The van der Waals surface area contributed by atoms with E-state index in [4.69, 9.17) is 0 Å². The third-order valence-corrected chi connectivity index (χ3v) is 5.79. The van der Waals surface area contributed by atoms with Crippen LogP contribution in [0.2, 0.25) is 0 Å². The van der Waals surface area contributed by atoms with Crippen LogP contribution in [0.1, 0.15) is 23.1 Å². The molecule has 4 nitrogen and oxygen atoms in total. The van der Waals surface area contributed by atoms with E-state index in [0.717, 1.165) is 42.6 Å². The third-order valence-electron chi connectivity index (χ3n) is 4.43. The van der Waals surface area contributed by atoms with Crippen molar-refractivity contribution < 1.29 is 8.42 Å². The molecule has 0 aromatic heterocycles. The molecular formula is C18H18N2O2S. The van der Waals surface area contributed by atoms with Gasteiger partial charge in [0.05, 0.1) is 10.6 Å². The lowest BCUT2D eigenvalue weighted by molar-refractivity contribution is 0.601. The van der Waals surface area contributed by atoms with Crippen molar-refractivity contribution in [3.05, 3.63) is 59.2 Å². The van der Waals surface area contributed by atoms with Crippen LogP contribution in [0.5, 0.6) is 0 Å². The van der Waals surface area contributed by atoms with E-state index in [1.54, 1.807) is 12.1 Å². The van der Waals surface area contributed by atoms with Gasteiger partial charge in [-0.15, -0.1) is 0 Å². The Morgan fingerprint density at radius 1 is 1.09 bits per heavy atom. The molecule has 118 valence electrons. The molecule has 5 heteroatoms. The molecule has 23 heavy (non-hydrogen) atoms. The first-order valence-corrected chi connectivity index (χ1v) is 9.30. The van der Waals surface area contributed by atoms with Crippen LogP contribution in [-0.4, -0.2) is 15.0 Å². The van der Waals surface area contributed by atoms with Gasteiger partial charge in [-0.25, -0.2) is 8.42 Å². The Morgan fingerprint density at radius 2 is 2.00 bits per heavy atom. The maximum absolute atomic E-state index is 12.7. The van der Waals surface area contributed by atoms with Gasteiger partial charge in [-0.3, -0.25) is 4.72 Å². The molecule has 0 radical (unpaired) electrons. The fourth-order valence-corrected chi connectivity index (χ4v) is 4.41. The van der Waals surface area contributed by atoms with Crippen LogP contribution in [0.4, 0.5) is 11.4 Å². The molecule has 1 heterocycles. The van der Waals surface area contributed by atoms with Crippen molar-refractivity contribution in [1.29, 1.82) is 0 Å². The Morgan fingerprint density at radius 3 is 2.91 bits per heavy atom. The van der Waals surface area contributed by atoms with Crippen molar-refractivity contribution in [3.8, 4) is 0 Å². The second-order valence-corrected chi connectivity index (χ2v) is 7.62. The molecule has 0 unspecified atom stereocenters. The lowest BCUT2D eigenvalue weighted by Crippen LogP contribution is -2.15. The first kappa shape index (κ1) is 14.3. The molecule has 2 N–H and O–H groups in total. The quantitative estimate of drug-likeness (QED) is 0.909. The van der Waals surface area contributed by atoms with Gasteiger partial charge in [0.1, 0.15) is 0 Å². The molecule has 0 saturated carbocycles. The average Bonchev–Trinajstić information content (AvgIpc) is 3.04. The standard InChI is InChI=1S/C18H18N2O2S/c21-23(22,15-9-10-17-14(12-15)6-3-11-19-17)20-18-8-2-5-13-4-1-7-16(13)18/h2-3,5-6,8-10,12,19-20H,1,4,7,11H2. The van der Waals surface area contributed by atoms with Crippen LogP contribution in [0.25, 0.3) is 6.08 Å². The highest BCUT2D eigenvalue weighted by Gasteiger charge is 2.20. The predicted octanol–water partition coefficient (Wildman–Crippen LogP) is 3.41. The van der Waals surface area contributed by atoms with Gasteiger partial charge in [0.15, 0.2) is 0 Å². The van der Waals surface area contributed by atoms with E-state index in [9.17, 15) is 8.42 Å². The summed E-state index contributed by atoms with van der Waals surface area (Å²) in [6, 6.07) is 11.0. The number of benzene rings is 2. The molecule has 2 aromatic rings. The summed E-state index contributed by atoms with van der Waals surface area (Å²) in [5.74, 6) is 0. The smallest absolute Gasteiger partial charge is 0.261 e. The molecule has 0 fully saturated rings. The van der Waals surface area contributed by atoms with Gasteiger partial charge in [-0.2, -0.15) is 0 Å². The van der Waals surface area contributed by atoms with E-state index in [1.807, 2.05) is 30.4 Å². The lowest BCUT2D eigenvalue weighted by Gasteiger charge is -2.16. The summed E-state index contributed by atoms with van der Waals surface area (Å²) in [5.41, 5.74) is 4.97. The molecule has 1 aliphatic carbocycles. The van der Waals surface area contributed by atoms with E-state index in [0.29, 0.717) is 10.6 Å². The molecule has 0 bridgehead atoms. The first-order valence-electron chi connectivity index (χ1n) is 7.81. The van der Waals surface area contributed by atoms with Gasteiger partial charge < -0.3 is 5.32 Å². The molecule has 0 spiro atoms. The van der Waals surface area contributed by atoms with Crippen molar-refractivity contribution in [2.75, 3.05) is 16.6 Å². The minimum absolute atomic E-state index is 0.292. The highest BCUT2D eigenvalue weighted by molar-refractivity contribution is 7.92. The van der Waals surface area contributed by atoms with Gasteiger partial charge in [-0.05, 0) is 60.2 Å². The van der Waals surface area contributed by atoms with E-state index < -0.39 is 10.0 Å². The van der Waals surface area contributed by atoms with Crippen molar-refractivity contribution in [3.63, 3.8) is 0 Å². The summed E-state index contributed by atoms with van der Waals surface area (Å²) < 4.78 is 28.2. The predicted molar refractivity (Wildman–Crippen MR) is 93.2 cm³/mol. The van der Waals surface area contributed by atoms with E-state index in [1.165, 1.54) is 5.56 Å². The first-order chi connectivity index (χ1) is 11.1. The SMILES string of the molecule is O=S(=O)(Nc1cccc2c1CCC2)c1ccc2c(c1)C=CCN2. The summed E-state index contributed by atoms with van der Waals surface area (Å²) in [5, 5.41) is 3.22. The highest BCUT2D eigenvalue weighted by atomic mass is 32.2. The number of hydrogen-bond donors (Lipinski definition) is 2. The minimum atomic E-state index is -3.58. The Kier molecular flexibility index (Phi) is 3.38. The maximum Gasteiger partial charge on any atom is 0.261 e. The number of nitrogens with one attached hydrogen (secondary N) is 2. The highest BCUT2D eigenvalue weighted by Crippen LogP contribution is 2.31. The number of rotatable bonds is 3. The molecule has 2 aromatic carbocycles. The van der Waals surface area contributed by atoms with E-state index in [-0.39, 0.29) is 0 Å². The number of sulfonamides is 1. The van der Waals surface area contributed by atoms with Crippen LogP contribution >= 0.6 is 0 Å².